The van der Waals surface area contributed by atoms with Crippen LogP contribution in [-0.4, -0.2) is 47.9 Å². The molecular formula is C23H30N4O2S. The van der Waals surface area contributed by atoms with E-state index in [0.29, 0.717) is 17.4 Å². The molecule has 2 aromatic rings. The number of para-hydroxylation sites is 1. The van der Waals surface area contributed by atoms with Gasteiger partial charge in [-0.2, -0.15) is 0 Å². The van der Waals surface area contributed by atoms with Crippen molar-refractivity contribution in [3.63, 3.8) is 0 Å². The zero-order chi connectivity index (χ0) is 21.2. The van der Waals surface area contributed by atoms with Gasteiger partial charge in [-0.3, -0.25) is 14.5 Å². The highest BCUT2D eigenvalue weighted by atomic mass is 32.1. The summed E-state index contributed by atoms with van der Waals surface area (Å²) in [5.74, 6) is -0.222. The van der Waals surface area contributed by atoms with E-state index < -0.39 is 0 Å². The maximum Gasteiger partial charge on any atom is 0.244 e. The van der Waals surface area contributed by atoms with Crippen molar-refractivity contribution in [2.75, 3.05) is 31.1 Å². The Morgan fingerprint density at radius 1 is 1.17 bits per heavy atom. The van der Waals surface area contributed by atoms with Gasteiger partial charge in [0.15, 0.2) is 5.13 Å². The van der Waals surface area contributed by atoms with Gasteiger partial charge in [-0.25, -0.2) is 4.98 Å². The number of hydrogen-bond donors (Lipinski definition) is 1. The normalized spacial score (nSPS) is 15.1. The molecule has 2 amide bonds. The third-order valence-corrected chi connectivity index (χ3v) is 5.93. The van der Waals surface area contributed by atoms with Crippen LogP contribution in [-0.2, 0) is 9.59 Å². The zero-order valence-electron chi connectivity index (χ0n) is 17.5. The topological polar surface area (TPSA) is 65.5 Å². The standard InChI is InChI=1S/C23H30N4O2S/c1-19(28)27(21-10-5-4-6-11-21)23-25-20(18-30-23)12-13-22(29)24-14-9-17-26-15-7-2-3-8-16-26/h4-6,10-13,18H,2-3,7-9,14-17H2,1H3,(H,24,29). The summed E-state index contributed by atoms with van der Waals surface area (Å²) in [5, 5.41) is 5.37. The number of anilines is 2. The minimum atomic E-state index is -0.119. The SMILES string of the molecule is CC(=O)N(c1ccccc1)c1nc(C=CC(=O)NCCCN2CCCCCC2)cs1. The molecule has 0 aliphatic carbocycles. The zero-order valence-corrected chi connectivity index (χ0v) is 18.4. The number of thiazole rings is 1. The molecule has 0 unspecified atom stereocenters. The molecule has 6 nitrogen and oxygen atoms in total. The lowest BCUT2D eigenvalue weighted by atomic mass is 10.2. The summed E-state index contributed by atoms with van der Waals surface area (Å²) in [6.07, 6.45) is 9.41. The number of amides is 2. The van der Waals surface area contributed by atoms with Gasteiger partial charge in [-0.05, 0) is 57.1 Å². The van der Waals surface area contributed by atoms with Crippen molar-refractivity contribution in [2.45, 2.75) is 39.0 Å². The Hall–Kier alpha value is -2.51. The first-order valence-electron chi connectivity index (χ1n) is 10.6. The molecule has 0 saturated carbocycles. The van der Waals surface area contributed by atoms with Crippen LogP contribution in [0.2, 0.25) is 0 Å². The molecule has 7 heteroatoms. The van der Waals surface area contributed by atoms with Crippen molar-refractivity contribution >= 4 is 40.0 Å². The van der Waals surface area contributed by atoms with E-state index in [9.17, 15) is 9.59 Å². The number of hydrogen-bond acceptors (Lipinski definition) is 5. The van der Waals surface area contributed by atoms with Crippen molar-refractivity contribution in [3.8, 4) is 0 Å². The van der Waals surface area contributed by atoms with Gasteiger partial charge in [0.25, 0.3) is 0 Å². The van der Waals surface area contributed by atoms with Crippen LogP contribution in [0.1, 0.15) is 44.7 Å². The second-order valence-electron chi connectivity index (χ2n) is 7.48. The maximum absolute atomic E-state index is 12.1. The molecule has 1 aromatic carbocycles. The Labute approximate surface area is 182 Å². The number of rotatable bonds is 8. The van der Waals surface area contributed by atoms with Gasteiger partial charge in [0.1, 0.15) is 0 Å². The molecule has 1 aliphatic rings. The van der Waals surface area contributed by atoms with E-state index in [-0.39, 0.29) is 11.8 Å². The first-order valence-corrected chi connectivity index (χ1v) is 11.5. The predicted octanol–water partition coefficient (Wildman–Crippen LogP) is 4.22. The van der Waals surface area contributed by atoms with Crippen molar-refractivity contribution in [1.29, 1.82) is 0 Å². The Bertz CT molecular complexity index is 842. The molecule has 0 radical (unpaired) electrons. The number of aromatic nitrogens is 1. The largest absolute Gasteiger partial charge is 0.353 e. The van der Waals surface area contributed by atoms with E-state index in [1.54, 1.807) is 11.0 Å². The molecular weight excluding hydrogens is 396 g/mol. The maximum atomic E-state index is 12.1. The Kier molecular flexibility index (Phi) is 8.59. The first kappa shape index (κ1) is 22.2. The second kappa shape index (κ2) is 11.6. The van der Waals surface area contributed by atoms with Crippen LogP contribution < -0.4 is 10.2 Å². The molecule has 0 atom stereocenters. The van der Waals surface area contributed by atoms with Crippen LogP contribution in [0.3, 0.4) is 0 Å². The Morgan fingerprint density at radius 3 is 2.60 bits per heavy atom. The highest BCUT2D eigenvalue weighted by molar-refractivity contribution is 7.14. The molecule has 160 valence electrons. The summed E-state index contributed by atoms with van der Waals surface area (Å²) < 4.78 is 0. The van der Waals surface area contributed by atoms with Crippen LogP contribution in [0.15, 0.2) is 41.8 Å². The molecule has 0 spiro atoms. The molecule has 0 bridgehead atoms. The third kappa shape index (κ3) is 6.78. The van der Waals surface area contributed by atoms with Crippen LogP contribution >= 0.6 is 11.3 Å². The Balaban J connectivity index is 1.47. The molecule has 1 saturated heterocycles. The van der Waals surface area contributed by atoms with Crippen LogP contribution in [0.5, 0.6) is 0 Å². The van der Waals surface area contributed by atoms with Gasteiger partial charge < -0.3 is 10.2 Å². The summed E-state index contributed by atoms with van der Waals surface area (Å²) in [6, 6.07) is 9.42. The fourth-order valence-corrected chi connectivity index (χ4v) is 4.41. The molecule has 1 fully saturated rings. The smallest absolute Gasteiger partial charge is 0.244 e. The minimum Gasteiger partial charge on any atom is -0.353 e. The lowest BCUT2D eigenvalue weighted by Crippen LogP contribution is -2.30. The molecule has 1 N–H and O–H groups in total. The van der Waals surface area contributed by atoms with E-state index in [1.807, 2.05) is 35.7 Å². The number of nitrogens with zero attached hydrogens (tertiary/aromatic N) is 3. The molecule has 30 heavy (non-hydrogen) atoms. The fraction of sp³-hybridized carbons (Fsp3) is 0.435. The van der Waals surface area contributed by atoms with E-state index in [4.69, 9.17) is 0 Å². The van der Waals surface area contributed by atoms with Crippen molar-refractivity contribution < 1.29 is 9.59 Å². The van der Waals surface area contributed by atoms with E-state index in [1.165, 1.54) is 63.1 Å². The number of carbonyl (C=O) groups is 2. The number of carbonyl (C=O) groups excluding carboxylic acids is 2. The summed E-state index contributed by atoms with van der Waals surface area (Å²) in [4.78, 5) is 32.8. The summed E-state index contributed by atoms with van der Waals surface area (Å²) in [5.41, 5.74) is 1.44. The van der Waals surface area contributed by atoms with Gasteiger partial charge in [0, 0.05) is 24.9 Å². The summed E-state index contributed by atoms with van der Waals surface area (Å²) >= 11 is 1.38. The molecule has 1 aliphatic heterocycles. The van der Waals surface area contributed by atoms with Gasteiger partial charge >= 0.3 is 0 Å². The van der Waals surface area contributed by atoms with Crippen LogP contribution in [0.4, 0.5) is 10.8 Å². The van der Waals surface area contributed by atoms with E-state index in [0.717, 1.165) is 18.7 Å². The quantitative estimate of drug-likeness (QED) is 0.507. The second-order valence-corrected chi connectivity index (χ2v) is 8.32. The minimum absolute atomic E-state index is 0.103. The van der Waals surface area contributed by atoms with Crippen molar-refractivity contribution in [1.82, 2.24) is 15.2 Å². The van der Waals surface area contributed by atoms with Crippen LogP contribution in [0, 0.1) is 0 Å². The number of likely N-dealkylation sites (tertiary alicyclic amines) is 1. The fourth-order valence-electron chi connectivity index (χ4n) is 3.55. The monoisotopic (exact) mass is 426 g/mol. The molecule has 2 heterocycles. The number of nitrogens with one attached hydrogen (secondary N) is 1. The lowest BCUT2D eigenvalue weighted by molar-refractivity contribution is -0.117. The van der Waals surface area contributed by atoms with Gasteiger partial charge in [0.2, 0.25) is 11.8 Å². The molecule has 1 aromatic heterocycles. The predicted molar refractivity (Wildman–Crippen MR) is 123 cm³/mol. The van der Waals surface area contributed by atoms with E-state index >= 15 is 0 Å². The molecule has 3 rings (SSSR count). The van der Waals surface area contributed by atoms with E-state index in [2.05, 4.69) is 15.2 Å². The van der Waals surface area contributed by atoms with Gasteiger partial charge in [-0.15, -0.1) is 11.3 Å². The average molecular weight is 427 g/mol. The van der Waals surface area contributed by atoms with Crippen molar-refractivity contribution in [2.24, 2.45) is 0 Å². The first-order chi connectivity index (χ1) is 14.6. The van der Waals surface area contributed by atoms with Crippen molar-refractivity contribution in [3.05, 3.63) is 47.5 Å². The van der Waals surface area contributed by atoms with Gasteiger partial charge in [-0.1, -0.05) is 31.0 Å². The number of benzene rings is 1. The highest BCUT2D eigenvalue weighted by Gasteiger charge is 2.17. The summed E-state index contributed by atoms with van der Waals surface area (Å²) in [7, 11) is 0. The summed E-state index contributed by atoms with van der Waals surface area (Å²) in [6.45, 7) is 5.59. The third-order valence-electron chi connectivity index (χ3n) is 5.08. The highest BCUT2D eigenvalue weighted by Crippen LogP contribution is 2.28. The average Bonchev–Trinajstić information content (AvgIpc) is 3.04. The van der Waals surface area contributed by atoms with Gasteiger partial charge in [0.05, 0.1) is 11.4 Å². The van der Waals surface area contributed by atoms with Crippen LogP contribution in [0.25, 0.3) is 6.08 Å². The Morgan fingerprint density at radius 2 is 1.90 bits per heavy atom. The lowest BCUT2D eigenvalue weighted by Gasteiger charge is -2.19.